The Bertz CT molecular complexity index is 1210. The van der Waals surface area contributed by atoms with Gasteiger partial charge in [-0.3, -0.25) is 0 Å². The van der Waals surface area contributed by atoms with E-state index in [4.69, 9.17) is 19.3 Å². The summed E-state index contributed by atoms with van der Waals surface area (Å²) in [5.41, 5.74) is 2.81. The van der Waals surface area contributed by atoms with Crippen LogP contribution in [-0.2, 0) is 6.42 Å². The molecular weight excluding hydrogens is 420 g/mol. The number of aliphatic hydroxyl groups excluding tert-OH is 1. The number of nitriles is 1. The number of aromatic nitrogens is 2. The molecule has 2 atom stereocenters. The largest absolute Gasteiger partial charge is 0.490 e. The number of hydrogen-bond donors (Lipinski definition) is 3. The molecule has 2 heterocycles. The predicted octanol–water partition coefficient (Wildman–Crippen LogP) is 3.69. The number of fused-ring (bicyclic) bond motifs is 1. The fourth-order valence-corrected chi connectivity index (χ4v) is 3.72. The van der Waals surface area contributed by atoms with Crippen molar-refractivity contribution in [1.29, 1.82) is 5.26 Å². The molecule has 0 amide bonds. The first kappa shape index (κ1) is 22.4. The van der Waals surface area contributed by atoms with Gasteiger partial charge in [-0.15, -0.1) is 0 Å². The maximum atomic E-state index is 10.4. The van der Waals surface area contributed by atoms with E-state index in [1.165, 1.54) is 0 Å². The lowest BCUT2D eigenvalue weighted by atomic mass is 10.1. The first-order valence-corrected chi connectivity index (χ1v) is 10.8. The van der Waals surface area contributed by atoms with E-state index >= 15 is 0 Å². The van der Waals surface area contributed by atoms with Crippen LogP contribution in [0.1, 0.15) is 12.5 Å². The van der Waals surface area contributed by atoms with Crippen LogP contribution in [0, 0.1) is 11.3 Å². The second kappa shape index (κ2) is 10.7. The molecule has 8 heteroatoms. The van der Waals surface area contributed by atoms with Gasteiger partial charge in [-0.1, -0.05) is 29.4 Å². The molecule has 0 aliphatic rings. The zero-order valence-electron chi connectivity index (χ0n) is 18.3. The molecule has 0 saturated heterocycles. The SMILES string of the molecule is CC(Cc1c[nH]c2c(OCC#N)cccc12)NC[C@H](O)COc1ccccc1-c1ccno1. The van der Waals surface area contributed by atoms with Crippen LogP contribution in [0.25, 0.3) is 22.2 Å². The average molecular weight is 447 g/mol. The highest BCUT2D eigenvalue weighted by Gasteiger charge is 2.14. The van der Waals surface area contributed by atoms with Gasteiger partial charge in [-0.2, -0.15) is 5.26 Å². The molecule has 33 heavy (non-hydrogen) atoms. The molecule has 2 aromatic heterocycles. The lowest BCUT2D eigenvalue weighted by Gasteiger charge is -2.18. The van der Waals surface area contributed by atoms with Gasteiger partial charge < -0.3 is 29.4 Å². The van der Waals surface area contributed by atoms with Gasteiger partial charge in [0.2, 0.25) is 0 Å². The molecule has 3 N–H and O–H groups in total. The van der Waals surface area contributed by atoms with Gasteiger partial charge in [0.25, 0.3) is 0 Å². The Morgan fingerprint density at radius 3 is 2.82 bits per heavy atom. The van der Waals surface area contributed by atoms with Gasteiger partial charge in [0.1, 0.15) is 30.3 Å². The van der Waals surface area contributed by atoms with E-state index in [0.717, 1.165) is 28.5 Å². The van der Waals surface area contributed by atoms with Gasteiger partial charge in [0.05, 0.1) is 17.3 Å². The number of aliphatic hydroxyl groups is 1. The number of H-pyrrole nitrogens is 1. The Labute approximate surface area is 191 Å². The van der Waals surface area contributed by atoms with Gasteiger partial charge >= 0.3 is 0 Å². The fourth-order valence-electron chi connectivity index (χ4n) is 3.72. The predicted molar refractivity (Wildman–Crippen MR) is 124 cm³/mol. The van der Waals surface area contributed by atoms with Crippen LogP contribution in [-0.4, -0.2) is 47.2 Å². The first-order chi connectivity index (χ1) is 16.2. The van der Waals surface area contributed by atoms with Crippen LogP contribution in [0.4, 0.5) is 0 Å². The number of benzene rings is 2. The van der Waals surface area contributed by atoms with E-state index in [0.29, 0.717) is 23.8 Å². The summed E-state index contributed by atoms with van der Waals surface area (Å²) >= 11 is 0. The number of ether oxygens (including phenoxy) is 2. The summed E-state index contributed by atoms with van der Waals surface area (Å²) < 4.78 is 16.6. The average Bonchev–Trinajstić information content (AvgIpc) is 3.51. The highest BCUT2D eigenvalue weighted by Crippen LogP contribution is 2.30. The van der Waals surface area contributed by atoms with Crippen molar-refractivity contribution in [3.8, 4) is 28.9 Å². The van der Waals surface area contributed by atoms with E-state index in [9.17, 15) is 5.11 Å². The molecular formula is C25H26N4O4. The third-order valence-electron chi connectivity index (χ3n) is 5.30. The van der Waals surface area contributed by atoms with E-state index in [1.807, 2.05) is 54.7 Å². The van der Waals surface area contributed by atoms with E-state index in [1.54, 1.807) is 12.3 Å². The number of rotatable bonds is 11. The van der Waals surface area contributed by atoms with E-state index in [-0.39, 0.29) is 19.3 Å². The summed E-state index contributed by atoms with van der Waals surface area (Å²) in [5.74, 6) is 1.92. The third-order valence-corrected chi connectivity index (χ3v) is 5.30. The molecule has 8 nitrogen and oxygen atoms in total. The highest BCUT2D eigenvalue weighted by molar-refractivity contribution is 5.88. The number of nitrogens with zero attached hydrogens (tertiary/aromatic N) is 2. The Morgan fingerprint density at radius 1 is 1.15 bits per heavy atom. The molecule has 4 rings (SSSR count). The lowest BCUT2D eigenvalue weighted by Crippen LogP contribution is -2.37. The zero-order chi connectivity index (χ0) is 23.0. The summed E-state index contributed by atoms with van der Waals surface area (Å²) in [6.45, 7) is 2.62. The molecule has 1 unspecified atom stereocenters. The normalized spacial score (nSPS) is 12.9. The molecule has 0 radical (unpaired) electrons. The van der Waals surface area contributed by atoms with Crippen molar-refractivity contribution in [2.75, 3.05) is 19.8 Å². The van der Waals surface area contributed by atoms with Crippen molar-refractivity contribution in [3.63, 3.8) is 0 Å². The van der Waals surface area contributed by atoms with Crippen LogP contribution in [0.3, 0.4) is 0 Å². The van der Waals surface area contributed by atoms with E-state index < -0.39 is 6.10 Å². The molecule has 4 aromatic rings. The van der Waals surface area contributed by atoms with Crippen molar-refractivity contribution < 1.29 is 19.1 Å². The first-order valence-electron chi connectivity index (χ1n) is 10.8. The van der Waals surface area contributed by atoms with Crippen LogP contribution in [0.2, 0.25) is 0 Å². The zero-order valence-corrected chi connectivity index (χ0v) is 18.3. The minimum Gasteiger partial charge on any atom is -0.490 e. The standard InChI is InChI=1S/C25H26N4O4/c1-17(13-18-14-28-25-20(18)6-4-8-24(25)31-12-10-26)27-15-19(30)16-32-22-7-3-2-5-21(22)23-9-11-29-33-23/h2-9,11,14,17,19,27-28,30H,12-13,15-16H2,1H3/t17?,19-/m0/s1. The topological polar surface area (TPSA) is 116 Å². The molecule has 2 aromatic carbocycles. The van der Waals surface area contributed by atoms with Crippen molar-refractivity contribution >= 4 is 10.9 Å². The second-order valence-corrected chi connectivity index (χ2v) is 7.79. The lowest BCUT2D eigenvalue weighted by molar-refractivity contribution is 0.104. The number of para-hydroxylation sites is 2. The smallest absolute Gasteiger partial charge is 0.174 e. The monoisotopic (exact) mass is 446 g/mol. The summed E-state index contributed by atoms with van der Waals surface area (Å²) in [4.78, 5) is 3.25. The molecule has 0 spiro atoms. The van der Waals surface area contributed by atoms with Gasteiger partial charge in [-0.05, 0) is 37.1 Å². The molecule has 170 valence electrons. The number of hydrogen-bond acceptors (Lipinski definition) is 7. The molecule has 0 bridgehead atoms. The molecule has 0 saturated carbocycles. The summed E-state index contributed by atoms with van der Waals surface area (Å²) in [5, 5.41) is 27.4. The van der Waals surface area contributed by atoms with Gasteiger partial charge in [0, 0.05) is 30.2 Å². The van der Waals surface area contributed by atoms with Crippen LogP contribution in [0.5, 0.6) is 11.5 Å². The Hall–Kier alpha value is -3.80. The van der Waals surface area contributed by atoms with Crippen molar-refractivity contribution in [3.05, 3.63) is 66.5 Å². The van der Waals surface area contributed by atoms with E-state index in [2.05, 4.69) is 22.4 Å². The fraction of sp³-hybridized carbons (Fsp3) is 0.280. The van der Waals surface area contributed by atoms with Crippen LogP contribution < -0.4 is 14.8 Å². The minimum absolute atomic E-state index is 0.00820. The van der Waals surface area contributed by atoms with Crippen molar-refractivity contribution in [2.24, 2.45) is 0 Å². The van der Waals surface area contributed by atoms with Gasteiger partial charge in [0.15, 0.2) is 12.4 Å². The Balaban J connectivity index is 1.29. The minimum atomic E-state index is -0.677. The number of nitrogens with one attached hydrogen (secondary N) is 2. The molecule has 0 aliphatic carbocycles. The second-order valence-electron chi connectivity index (χ2n) is 7.79. The van der Waals surface area contributed by atoms with Crippen LogP contribution in [0.15, 0.2) is 65.4 Å². The van der Waals surface area contributed by atoms with Crippen molar-refractivity contribution in [2.45, 2.75) is 25.5 Å². The van der Waals surface area contributed by atoms with Crippen molar-refractivity contribution in [1.82, 2.24) is 15.5 Å². The molecule has 0 aliphatic heterocycles. The number of aromatic amines is 1. The quantitative estimate of drug-likeness (QED) is 0.322. The third kappa shape index (κ3) is 5.52. The summed E-state index contributed by atoms with van der Waals surface area (Å²) in [6, 6.07) is 17.2. The van der Waals surface area contributed by atoms with Crippen LogP contribution >= 0.6 is 0 Å². The maximum Gasteiger partial charge on any atom is 0.174 e. The summed E-state index contributed by atoms with van der Waals surface area (Å²) in [6.07, 6.45) is 3.63. The highest BCUT2D eigenvalue weighted by atomic mass is 16.5. The maximum absolute atomic E-state index is 10.4. The summed E-state index contributed by atoms with van der Waals surface area (Å²) in [7, 11) is 0. The van der Waals surface area contributed by atoms with Gasteiger partial charge in [-0.25, -0.2) is 0 Å². The molecule has 0 fully saturated rings. The Morgan fingerprint density at radius 2 is 2.00 bits per heavy atom. The Kier molecular flexibility index (Phi) is 7.25.